The number of nitrogens with one attached hydrogen (secondary N) is 1. The van der Waals surface area contributed by atoms with Gasteiger partial charge < -0.3 is 10.4 Å². The summed E-state index contributed by atoms with van der Waals surface area (Å²) in [6, 6.07) is 3.29. The number of rotatable bonds is 5. The zero-order chi connectivity index (χ0) is 16.1. The third-order valence-corrected chi connectivity index (χ3v) is 3.16. The van der Waals surface area contributed by atoms with Crippen molar-refractivity contribution in [1.82, 2.24) is 15.3 Å². The van der Waals surface area contributed by atoms with Crippen LogP contribution in [0.2, 0.25) is 0 Å². The Kier molecular flexibility index (Phi) is 5.11. The first-order valence-electron chi connectivity index (χ1n) is 6.73. The highest BCUT2D eigenvalue weighted by molar-refractivity contribution is 5.94. The number of halogens is 2. The minimum Gasteiger partial charge on any atom is -0.386 e. The number of hydrogen-bond acceptors (Lipinski definition) is 4. The second-order valence-corrected chi connectivity index (χ2v) is 4.60. The molecule has 0 saturated heterocycles. The summed E-state index contributed by atoms with van der Waals surface area (Å²) >= 11 is 0. The summed E-state index contributed by atoms with van der Waals surface area (Å²) in [5.74, 6) is -2.23. The number of aromatic nitrogens is 2. The lowest BCUT2D eigenvalue weighted by Crippen LogP contribution is -2.30. The molecule has 1 atom stereocenters. The molecule has 0 spiro atoms. The third kappa shape index (κ3) is 3.43. The molecule has 116 valence electrons. The SMILES string of the molecule is CCc1ncncc1C(=O)NC[C@H](O)c1c(F)cccc1F. The fourth-order valence-corrected chi connectivity index (χ4v) is 2.04. The number of benzene rings is 1. The Morgan fingerprint density at radius 2 is 2.05 bits per heavy atom. The van der Waals surface area contributed by atoms with Crippen LogP contribution in [0, 0.1) is 11.6 Å². The second kappa shape index (κ2) is 7.04. The van der Waals surface area contributed by atoms with Gasteiger partial charge in [-0.1, -0.05) is 13.0 Å². The molecule has 0 aliphatic rings. The lowest BCUT2D eigenvalue weighted by molar-refractivity contribution is 0.0909. The Morgan fingerprint density at radius 3 is 2.68 bits per heavy atom. The van der Waals surface area contributed by atoms with E-state index in [1.807, 2.05) is 6.92 Å². The maximum absolute atomic E-state index is 13.5. The van der Waals surface area contributed by atoms with Crippen molar-refractivity contribution < 1.29 is 18.7 Å². The number of carbonyl (C=O) groups is 1. The first kappa shape index (κ1) is 16.0. The number of nitrogens with zero attached hydrogens (tertiary/aromatic N) is 2. The van der Waals surface area contributed by atoms with Crippen molar-refractivity contribution in [2.45, 2.75) is 19.4 Å². The average molecular weight is 307 g/mol. The Labute approximate surface area is 126 Å². The summed E-state index contributed by atoms with van der Waals surface area (Å²) < 4.78 is 27.1. The van der Waals surface area contributed by atoms with Crippen LogP contribution in [0.3, 0.4) is 0 Å². The van der Waals surface area contributed by atoms with Gasteiger partial charge in [-0.15, -0.1) is 0 Å². The molecule has 22 heavy (non-hydrogen) atoms. The Morgan fingerprint density at radius 1 is 1.36 bits per heavy atom. The van der Waals surface area contributed by atoms with Crippen LogP contribution in [-0.2, 0) is 6.42 Å². The number of amides is 1. The minimum absolute atomic E-state index is 0.270. The molecule has 5 nitrogen and oxygen atoms in total. The van der Waals surface area contributed by atoms with E-state index < -0.39 is 29.2 Å². The molecule has 0 aliphatic carbocycles. The number of aliphatic hydroxyl groups excluding tert-OH is 1. The number of carbonyl (C=O) groups excluding carboxylic acids is 1. The Bertz CT molecular complexity index is 659. The van der Waals surface area contributed by atoms with Gasteiger partial charge in [0.25, 0.3) is 5.91 Å². The Hall–Kier alpha value is -2.41. The average Bonchev–Trinajstić information content (AvgIpc) is 2.52. The number of hydrogen-bond donors (Lipinski definition) is 2. The van der Waals surface area contributed by atoms with Gasteiger partial charge in [-0.05, 0) is 18.6 Å². The molecule has 2 aromatic rings. The van der Waals surface area contributed by atoms with E-state index in [0.717, 1.165) is 12.1 Å². The smallest absolute Gasteiger partial charge is 0.254 e. The van der Waals surface area contributed by atoms with Gasteiger partial charge in [0.1, 0.15) is 24.1 Å². The molecule has 0 saturated carbocycles. The molecule has 1 aromatic carbocycles. The lowest BCUT2D eigenvalue weighted by Gasteiger charge is -2.14. The third-order valence-electron chi connectivity index (χ3n) is 3.16. The van der Waals surface area contributed by atoms with Gasteiger partial charge in [0.05, 0.1) is 16.8 Å². The van der Waals surface area contributed by atoms with E-state index >= 15 is 0 Å². The number of aliphatic hydroxyl groups is 1. The van der Waals surface area contributed by atoms with Crippen molar-refractivity contribution in [2.75, 3.05) is 6.54 Å². The summed E-state index contributed by atoms with van der Waals surface area (Å²) in [6.07, 6.45) is 1.74. The van der Waals surface area contributed by atoms with Crippen molar-refractivity contribution in [3.63, 3.8) is 0 Å². The zero-order valence-electron chi connectivity index (χ0n) is 11.9. The van der Waals surface area contributed by atoms with Crippen LogP contribution in [0.1, 0.15) is 34.6 Å². The molecular formula is C15H15F2N3O2. The van der Waals surface area contributed by atoms with Crippen LogP contribution in [0.25, 0.3) is 0 Å². The predicted molar refractivity (Wildman–Crippen MR) is 75.1 cm³/mol. The van der Waals surface area contributed by atoms with E-state index in [9.17, 15) is 18.7 Å². The van der Waals surface area contributed by atoms with Gasteiger partial charge >= 0.3 is 0 Å². The van der Waals surface area contributed by atoms with Gasteiger partial charge in [0, 0.05) is 12.7 Å². The standard InChI is InChI=1S/C15H15F2N3O2/c1-2-12-9(6-18-8-20-12)15(22)19-7-13(21)14-10(16)4-3-5-11(14)17/h3-6,8,13,21H,2,7H2,1H3,(H,19,22)/t13-/m0/s1. The number of aryl methyl sites for hydroxylation is 1. The normalized spacial score (nSPS) is 12.0. The van der Waals surface area contributed by atoms with Crippen LogP contribution in [-0.4, -0.2) is 27.5 Å². The van der Waals surface area contributed by atoms with Crippen LogP contribution in [0.4, 0.5) is 8.78 Å². The summed E-state index contributed by atoms with van der Waals surface area (Å²) in [4.78, 5) is 19.8. The van der Waals surface area contributed by atoms with Gasteiger partial charge in [0.15, 0.2) is 0 Å². The minimum atomic E-state index is -1.49. The van der Waals surface area contributed by atoms with E-state index in [2.05, 4.69) is 15.3 Å². The van der Waals surface area contributed by atoms with E-state index in [1.165, 1.54) is 18.6 Å². The second-order valence-electron chi connectivity index (χ2n) is 4.60. The molecule has 0 bridgehead atoms. The van der Waals surface area contributed by atoms with Crippen LogP contribution in [0.15, 0.2) is 30.7 Å². The van der Waals surface area contributed by atoms with Crippen LogP contribution in [0.5, 0.6) is 0 Å². The van der Waals surface area contributed by atoms with Crippen LogP contribution >= 0.6 is 0 Å². The van der Waals surface area contributed by atoms with Crippen molar-refractivity contribution >= 4 is 5.91 Å². The van der Waals surface area contributed by atoms with Crippen molar-refractivity contribution in [3.05, 3.63) is 59.2 Å². The maximum atomic E-state index is 13.5. The van der Waals surface area contributed by atoms with E-state index in [4.69, 9.17) is 0 Å². The highest BCUT2D eigenvalue weighted by Crippen LogP contribution is 2.20. The molecule has 1 heterocycles. The summed E-state index contributed by atoms with van der Waals surface area (Å²) in [5.41, 5.74) is 0.355. The van der Waals surface area contributed by atoms with Crippen molar-refractivity contribution in [3.8, 4) is 0 Å². The molecule has 1 amide bonds. The monoisotopic (exact) mass is 307 g/mol. The summed E-state index contributed by atoms with van der Waals surface area (Å²) in [6.45, 7) is 1.51. The highest BCUT2D eigenvalue weighted by Gasteiger charge is 2.19. The fourth-order valence-electron chi connectivity index (χ4n) is 2.04. The van der Waals surface area contributed by atoms with E-state index in [-0.39, 0.29) is 12.1 Å². The van der Waals surface area contributed by atoms with Gasteiger partial charge in [-0.3, -0.25) is 4.79 Å². The topological polar surface area (TPSA) is 75.1 Å². The first-order valence-corrected chi connectivity index (χ1v) is 6.73. The molecule has 0 radical (unpaired) electrons. The molecule has 7 heteroatoms. The largest absolute Gasteiger partial charge is 0.386 e. The molecule has 0 aliphatic heterocycles. The highest BCUT2D eigenvalue weighted by atomic mass is 19.1. The molecular weight excluding hydrogens is 292 g/mol. The molecule has 0 unspecified atom stereocenters. The fraction of sp³-hybridized carbons (Fsp3) is 0.267. The van der Waals surface area contributed by atoms with E-state index in [0.29, 0.717) is 12.1 Å². The molecule has 0 fully saturated rings. The summed E-state index contributed by atoms with van der Waals surface area (Å²) in [7, 11) is 0. The lowest BCUT2D eigenvalue weighted by atomic mass is 10.1. The maximum Gasteiger partial charge on any atom is 0.254 e. The van der Waals surface area contributed by atoms with Crippen LogP contribution < -0.4 is 5.32 Å². The summed E-state index contributed by atoms with van der Waals surface area (Å²) in [5, 5.41) is 12.3. The first-order chi connectivity index (χ1) is 10.5. The van der Waals surface area contributed by atoms with Crippen molar-refractivity contribution in [1.29, 1.82) is 0 Å². The quantitative estimate of drug-likeness (QED) is 0.883. The van der Waals surface area contributed by atoms with Gasteiger partial charge in [-0.2, -0.15) is 0 Å². The predicted octanol–water partition coefficient (Wildman–Crippen LogP) is 1.78. The van der Waals surface area contributed by atoms with Gasteiger partial charge in [-0.25, -0.2) is 18.7 Å². The van der Waals surface area contributed by atoms with Crippen molar-refractivity contribution in [2.24, 2.45) is 0 Å². The molecule has 2 rings (SSSR count). The Balaban J connectivity index is 2.08. The van der Waals surface area contributed by atoms with E-state index in [1.54, 1.807) is 0 Å². The van der Waals surface area contributed by atoms with Gasteiger partial charge in [0.2, 0.25) is 0 Å². The zero-order valence-corrected chi connectivity index (χ0v) is 11.9. The molecule has 2 N–H and O–H groups in total. The molecule has 1 aromatic heterocycles.